The van der Waals surface area contributed by atoms with Gasteiger partial charge in [0.05, 0.1) is 12.0 Å². The van der Waals surface area contributed by atoms with Crippen LogP contribution >= 0.6 is 11.3 Å². The second-order valence-corrected chi connectivity index (χ2v) is 6.52. The van der Waals surface area contributed by atoms with Crippen molar-refractivity contribution in [2.45, 2.75) is 45.4 Å². The van der Waals surface area contributed by atoms with Gasteiger partial charge in [0.25, 0.3) is 5.91 Å². The van der Waals surface area contributed by atoms with Crippen LogP contribution in [0.3, 0.4) is 0 Å². The van der Waals surface area contributed by atoms with Crippen molar-refractivity contribution in [3.8, 4) is 0 Å². The molecule has 0 aromatic carbocycles. The third-order valence-corrected chi connectivity index (χ3v) is 4.86. The molecular formula is C16H22N2O4S. The number of rotatable bonds is 7. The Kier molecular flexibility index (Phi) is 5.92. The highest BCUT2D eigenvalue weighted by atomic mass is 32.1. The van der Waals surface area contributed by atoms with Crippen molar-refractivity contribution in [2.24, 2.45) is 0 Å². The SMILES string of the molecule is COC(C)c1nc(C)c(C(=O)NC(C)CC(O)c2ccco2)s1. The largest absolute Gasteiger partial charge is 0.467 e. The molecule has 0 saturated carbocycles. The molecule has 0 aliphatic heterocycles. The van der Waals surface area contributed by atoms with Gasteiger partial charge in [0.15, 0.2) is 0 Å². The molecule has 2 heterocycles. The van der Waals surface area contributed by atoms with Gasteiger partial charge in [-0.3, -0.25) is 4.79 Å². The molecule has 3 unspecified atom stereocenters. The molecule has 3 atom stereocenters. The summed E-state index contributed by atoms with van der Waals surface area (Å²) in [5, 5.41) is 13.7. The summed E-state index contributed by atoms with van der Waals surface area (Å²) in [5.74, 6) is 0.310. The molecule has 0 bridgehead atoms. The van der Waals surface area contributed by atoms with Gasteiger partial charge in [0.1, 0.15) is 27.9 Å². The minimum absolute atomic E-state index is 0.140. The first-order chi connectivity index (χ1) is 10.9. The lowest BCUT2D eigenvalue weighted by molar-refractivity contribution is 0.0906. The van der Waals surface area contributed by atoms with Gasteiger partial charge < -0.3 is 19.6 Å². The van der Waals surface area contributed by atoms with Crippen LogP contribution in [-0.2, 0) is 4.74 Å². The molecule has 0 saturated heterocycles. The number of aromatic nitrogens is 1. The number of amides is 1. The fraction of sp³-hybridized carbons (Fsp3) is 0.500. The molecule has 7 heteroatoms. The summed E-state index contributed by atoms with van der Waals surface area (Å²) >= 11 is 1.33. The first kappa shape index (κ1) is 17.7. The second kappa shape index (κ2) is 7.72. The Morgan fingerprint density at radius 2 is 2.26 bits per heavy atom. The van der Waals surface area contributed by atoms with E-state index in [1.807, 2.05) is 13.8 Å². The Hall–Kier alpha value is -1.70. The molecule has 0 spiro atoms. The van der Waals surface area contributed by atoms with E-state index in [4.69, 9.17) is 9.15 Å². The van der Waals surface area contributed by atoms with Crippen LogP contribution in [0.2, 0.25) is 0 Å². The van der Waals surface area contributed by atoms with E-state index in [2.05, 4.69) is 10.3 Å². The van der Waals surface area contributed by atoms with Gasteiger partial charge in [-0.1, -0.05) is 0 Å². The van der Waals surface area contributed by atoms with E-state index in [1.165, 1.54) is 17.6 Å². The molecule has 1 amide bonds. The maximum Gasteiger partial charge on any atom is 0.263 e. The molecule has 6 nitrogen and oxygen atoms in total. The standard InChI is InChI=1S/C16H22N2O4S/c1-9(8-12(19)13-6-5-7-22-13)17-15(20)14-10(2)18-16(23-14)11(3)21-4/h5-7,9,11-12,19H,8H2,1-4H3,(H,17,20). The minimum atomic E-state index is -0.744. The van der Waals surface area contributed by atoms with Crippen molar-refractivity contribution in [2.75, 3.05) is 7.11 Å². The summed E-state index contributed by atoms with van der Waals surface area (Å²) in [6.45, 7) is 5.54. The molecule has 2 rings (SSSR count). The van der Waals surface area contributed by atoms with Gasteiger partial charge in [-0.2, -0.15) is 0 Å². The smallest absolute Gasteiger partial charge is 0.263 e. The average Bonchev–Trinajstić information content (AvgIpc) is 3.15. The van der Waals surface area contributed by atoms with Gasteiger partial charge in [-0.15, -0.1) is 11.3 Å². The molecule has 0 aliphatic carbocycles. The Balaban J connectivity index is 1.97. The van der Waals surface area contributed by atoms with Crippen molar-refractivity contribution in [3.63, 3.8) is 0 Å². The predicted octanol–water partition coefficient (Wildman–Crippen LogP) is 2.99. The molecule has 126 valence electrons. The van der Waals surface area contributed by atoms with E-state index in [0.29, 0.717) is 22.8 Å². The zero-order valence-corrected chi connectivity index (χ0v) is 14.5. The summed E-state index contributed by atoms with van der Waals surface area (Å²) in [5.41, 5.74) is 0.685. The number of aliphatic hydroxyl groups excluding tert-OH is 1. The van der Waals surface area contributed by atoms with Crippen LogP contribution in [0, 0.1) is 6.92 Å². The molecule has 0 fully saturated rings. The van der Waals surface area contributed by atoms with Crippen molar-refractivity contribution in [1.82, 2.24) is 10.3 Å². The summed E-state index contributed by atoms with van der Waals surface area (Å²) < 4.78 is 10.4. The number of carbonyl (C=O) groups excluding carboxylic acids is 1. The van der Waals surface area contributed by atoms with Gasteiger partial charge in [0, 0.05) is 19.6 Å². The third kappa shape index (κ3) is 4.40. The molecule has 23 heavy (non-hydrogen) atoms. The van der Waals surface area contributed by atoms with Crippen LogP contribution in [-0.4, -0.2) is 29.1 Å². The molecular weight excluding hydrogens is 316 g/mol. The van der Waals surface area contributed by atoms with E-state index in [-0.39, 0.29) is 18.1 Å². The van der Waals surface area contributed by atoms with E-state index >= 15 is 0 Å². The number of hydrogen-bond donors (Lipinski definition) is 2. The zero-order valence-electron chi connectivity index (χ0n) is 13.7. The fourth-order valence-electron chi connectivity index (χ4n) is 2.18. The first-order valence-corrected chi connectivity index (χ1v) is 8.26. The van der Waals surface area contributed by atoms with Crippen molar-refractivity contribution in [1.29, 1.82) is 0 Å². The highest BCUT2D eigenvalue weighted by Crippen LogP contribution is 2.25. The highest BCUT2D eigenvalue weighted by molar-refractivity contribution is 7.13. The maximum atomic E-state index is 12.4. The number of hydrogen-bond acceptors (Lipinski definition) is 6. The summed E-state index contributed by atoms with van der Waals surface area (Å²) in [7, 11) is 1.61. The van der Waals surface area contributed by atoms with Crippen LogP contribution in [0.25, 0.3) is 0 Å². The Morgan fingerprint density at radius 3 is 2.87 bits per heavy atom. The van der Waals surface area contributed by atoms with E-state index in [1.54, 1.807) is 26.2 Å². The van der Waals surface area contributed by atoms with Gasteiger partial charge in [0.2, 0.25) is 0 Å². The molecule has 0 radical (unpaired) electrons. The summed E-state index contributed by atoms with van der Waals surface area (Å²) in [6, 6.07) is 3.23. The number of nitrogens with zero attached hydrogens (tertiary/aromatic N) is 1. The number of ether oxygens (including phenoxy) is 1. The van der Waals surface area contributed by atoms with Crippen LogP contribution in [0.4, 0.5) is 0 Å². The summed E-state index contributed by atoms with van der Waals surface area (Å²) in [6.07, 6.45) is 1.00. The summed E-state index contributed by atoms with van der Waals surface area (Å²) in [4.78, 5) is 17.3. The minimum Gasteiger partial charge on any atom is -0.467 e. The highest BCUT2D eigenvalue weighted by Gasteiger charge is 2.21. The number of nitrogens with one attached hydrogen (secondary N) is 1. The van der Waals surface area contributed by atoms with Gasteiger partial charge in [-0.25, -0.2) is 4.98 Å². The maximum absolute atomic E-state index is 12.4. The number of thiazole rings is 1. The normalized spacial score (nSPS) is 15.2. The number of methoxy groups -OCH3 is 1. The number of carbonyl (C=O) groups is 1. The monoisotopic (exact) mass is 338 g/mol. The van der Waals surface area contributed by atoms with E-state index in [0.717, 1.165) is 5.01 Å². The van der Waals surface area contributed by atoms with Gasteiger partial charge >= 0.3 is 0 Å². The molecule has 2 N–H and O–H groups in total. The average molecular weight is 338 g/mol. The van der Waals surface area contributed by atoms with Crippen molar-refractivity contribution < 1.29 is 19.1 Å². The molecule has 2 aromatic rings. The number of furan rings is 1. The van der Waals surface area contributed by atoms with E-state index in [9.17, 15) is 9.90 Å². The van der Waals surface area contributed by atoms with Gasteiger partial charge in [-0.05, 0) is 32.9 Å². The fourth-order valence-corrected chi connectivity index (χ4v) is 3.18. The lowest BCUT2D eigenvalue weighted by atomic mass is 10.1. The number of aryl methyl sites for hydroxylation is 1. The Labute approximate surface area is 139 Å². The molecule has 2 aromatic heterocycles. The van der Waals surface area contributed by atoms with E-state index < -0.39 is 6.10 Å². The number of aliphatic hydroxyl groups is 1. The Bertz CT molecular complexity index is 639. The van der Waals surface area contributed by atoms with Crippen LogP contribution in [0.15, 0.2) is 22.8 Å². The van der Waals surface area contributed by atoms with Crippen LogP contribution < -0.4 is 5.32 Å². The lowest BCUT2D eigenvalue weighted by Gasteiger charge is -2.16. The quantitative estimate of drug-likeness (QED) is 0.811. The van der Waals surface area contributed by atoms with Crippen LogP contribution in [0.1, 0.15) is 58.6 Å². The predicted molar refractivity (Wildman–Crippen MR) is 87.5 cm³/mol. The zero-order chi connectivity index (χ0) is 17.0. The topological polar surface area (TPSA) is 84.6 Å². The third-order valence-electron chi connectivity index (χ3n) is 3.55. The second-order valence-electron chi connectivity index (χ2n) is 5.49. The lowest BCUT2D eigenvalue weighted by Crippen LogP contribution is -2.33. The van der Waals surface area contributed by atoms with Crippen LogP contribution in [0.5, 0.6) is 0 Å². The Morgan fingerprint density at radius 1 is 1.52 bits per heavy atom. The van der Waals surface area contributed by atoms with Crippen molar-refractivity contribution in [3.05, 3.63) is 39.7 Å². The molecule has 0 aliphatic rings. The first-order valence-electron chi connectivity index (χ1n) is 7.44. The van der Waals surface area contributed by atoms with Crippen molar-refractivity contribution >= 4 is 17.2 Å².